The van der Waals surface area contributed by atoms with E-state index in [4.69, 9.17) is 5.14 Å². The van der Waals surface area contributed by atoms with Crippen molar-refractivity contribution in [3.8, 4) is 0 Å². The minimum atomic E-state index is -4.00. The second kappa shape index (κ2) is 8.03. The number of nitrogens with two attached hydrogens (primary N) is 1. The minimum absolute atomic E-state index is 0.253. The van der Waals surface area contributed by atoms with Gasteiger partial charge in [-0.25, -0.2) is 13.6 Å². The normalized spacial score (nSPS) is 15.0. The number of sulfonamides is 1. The Morgan fingerprint density at radius 3 is 2.41 bits per heavy atom. The summed E-state index contributed by atoms with van der Waals surface area (Å²) < 4.78 is 22.9. The van der Waals surface area contributed by atoms with Crippen molar-refractivity contribution < 1.29 is 13.3 Å². The molecule has 2 aromatic rings. The summed E-state index contributed by atoms with van der Waals surface area (Å²) in [6.45, 7) is 3.42. The van der Waals surface area contributed by atoms with Crippen molar-refractivity contribution in [1.82, 2.24) is 4.90 Å². The third-order valence-electron chi connectivity index (χ3n) is 4.67. The molecule has 0 atom stereocenters. The SMILES string of the molecule is NS(=O)(=O)c1ccc(NCc2ccccc2CN2CCCC2)c([N+](=O)[O-])c1. The van der Waals surface area contributed by atoms with E-state index in [9.17, 15) is 18.5 Å². The molecule has 1 fully saturated rings. The molecule has 0 bridgehead atoms. The number of hydrogen-bond acceptors (Lipinski definition) is 6. The average molecular weight is 390 g/mol. The van der Waals surface area contributed by atoms with E-state index in [0.29, 0.717) is 6.54 Å². The summed E-state index contributed by atoms with van der Waals surface area (Å²) in [4.78, 5) is 12.8. The highest BCUT2D eigenvalue weighted by Crippen LogP contribution is 2.28. The first-order valence-electron chi connectivity index (χ1n) is 8.69. The zero-order chi connectivity index (χ0) is 19.4. The van der Waals surface area contributed by atoms with Gasteiger partial charge in [0, 0.05) is 19.2 Å². The third kappa shape index (κ3) is 4.82. The van der Waals surface area contributed by atoms with Crippen LogP contribution in [-0.4, -0.2) is 31.3 Å². The Kier molecular flexibility index (Phi) is 5.73. The molecule has 27 heavy (non-hydrogen) atoms. The Bertz CT molecular complexity index is 940. The molecule has 0 unspecified atom stereocenters. The fraction of sp³-hybridized carbons (Fsp3) is 0.333. The zero-order valence-corrected chi connectivity index (χ0v) is 15.6. The molecule has 0 aromatic heterocycles. The molecule has 2 aromatic carbocycles. The van der Waals surface area contributed by atoms with Gasteiger partial charge in [0.15, 0.2) is 0 Å². The maximum Gasteiger partial charge on any atom is 0.293 e. The molecule has 1 aliphatic heterocycles. The molecule has 0 amide bonds. The van der Waals surface area contributed by atoms with Crippen LogP contribution < -0.4 is 10.5 Å². The smallest absolute Gasteiger partial charge is 0.293 e. The Hall–Kier alpha value is -2.49. The lowest BCUT2D eigenvalue weighted by Crippen LogP contribution is -2.19. The van der Waals surface area contributed by atoms with Gasteiger partial charge in [0.05, 0.1) is 9.82 Å². The molecule has 144 valence electrons. The number of rotatable bonds is 7. The van der Waals surface area contributed by atoms with Gasteiger partial charge < -0.3 is 5.32 Å². The van der Waals surface area contributed by atoms with Crippen molar-refractivity contribution in [3.05, 3.63) is 63.7 Å². The topological polar surface area (TPSA) is 119 Å². The van der Waals surface area contributed by atoms with Crippen LogP contribution in [0.4, 0.5) is 11.4 Å². The quantitative estimate of drug-likeness (QED) is 0.554. The van der Waals surface area contributed by atoms with Gasteiger partial charge in [-0.1, -0.05) is 24.3 Å². The van der Waals surface area contributed by atoms with Crippen LogP contribution in [0, 0.1) is 10.1 Å². The Morgan fingerprint density at radius 1 is 1.11 bits per heavy atom. The summed E-state index contributed by atoms with van der Waals surface area (Å²) in [6.07, 6.45) is 2.42. The van der Waals surface area contributed by atoms with Crippen LogP contribution >= 0.6 is 0 Å². The van der Waals surface area contributed by atoms with E-state index in [-0.39, 0.29) is 16.3 Å². The largest absolute Gasteiger partial charge is 0.375 e. The molecule has 0 spiro atoms. The number of anilines is 1. The highest BCUT2D eigenvalue weighted by molar-refractivity contribution is 7.89. The number of benzene rings is 2. The van der Waals surface area contributed by atoms with Gasteiger partial charge >= 0.3 is 0 Å². The van der Waals surface area contributed by atoms with Crippen molar-refractivity contribution in [3.63, 3.8) is 0 Å². The first kappa shape index (κ1) is 19.3. The molecule has 1 heterocycles. The van der Waals surface area contributed by atoms with Crippen molar-refractivity contribution >= 4 is 21.4 Å². The molecular weight excluding hydrogens is 368 g/mol. The van der Waals surface area contributed by atoms with Gasteiger partial charge in [0.1, 0.15) is 5.69 Å². The molecule has 1 aliphatic rings. The summed E-state index contributed by atoms with van der Waals surface area (Å²) in [5.41, 5.74) is 2.16. The molecule has 3 rings (SSSR count). The highest BCUT2D eigenvalue weighted by Gasteiger charge is 2.19. The van der Waals surface area contributed by atoms with Crippen LogP contribution in [0.1, 0.15) is 24.0 Å². The molecule has 0 radical (unpaired) electrons. The van der Waals surface area contributed by atoms with E-state index in [1.165, 1.54) is 30.5 Å². The average Bonchev–Trinajstić information content (AvgIpc) is 3.13. The number of nitro benzene ring substituents is 1. The Labute approximate surface area is 158 Å². The zero-order valence-electron chi connectivity index (χ0n) is 14.8. The molecule has 0 saturated carbocycles. The monoisotopic (exact) mass is 390 g/mol. The molecule has 0 aliphatic carbocycles. The molecule has 8 nitrogen and oxygen atoms in total. The molecule has 9 heteroatoms. The van der Waals surface area contributed by atoms with E-state index in [2.05, 4.69) is 16.3 Å². The predicted molar refractivity (Wildman–Crippen MR) is 103 cm³/mol. The highest BCUT2D eigenvalue weighted by atomic mass is 32.2. The van der Waals surface area contributed by atoms with Crippen LogP contribution in [0.5, 0.6) is 0 Å². The van der Waals surface area contributed by atoms with Crippen molar-refractivity contribution in [1.29, 1.82) is 0 Å². The van der Waals surface area contributed by atoms with Gasteiger partial charge in [0.25, 0.3) is 5.69 Å². The van der Waals surface area contributed by atoms with Crippen LogP contribution in [0.2, 0.25) is 0 Å². The first-order valence-corrected chi connectivity index (χ1v) is 10.2. The predicted octanol–water partition coefficient (Wildman–Crippen LogP) is 2.45. The van der Waals surface area contributed by atoms with Gasteiger partial charge in [0.2, 0.25) is 10.0 Å². The van der Waals surface area contributed by atoms with Gasteiger partial charge in [-0.15, -0.1) is 0 Å². The van der Waals surface area contributed by atoms with E-state index >= 15 is 0 Å². The van der Waals surface area contributed by atoms with Crippen LogP contribution in [0.15, 0.2) is 47.4 Å². The molecular formula is C18H22N4O4S. The molecule has 1 saturated heterocycles. The first-order chi connectivity index (χ1) is 12.8. The lowest BCUT2D eigenvalue weighted by Gasteiger charge is -2.18. The van der Waals surface area contributed by atoms with Crippen molar-refractivity contribution in [2.45, 2.75) is 30.8 Å². The number of hydrogen-bond donors (Lipinski definition) is 2. The number of primary sulfonamides is 1. The Balaban J connectivity index is 1.80. The van der Waals surface area contributed by atoms with E-state index in [1.54, 1.807) is 0 Å². The lowest BCUT2D eigenvalue weighted by atomic mass is 10.1. The minimum Gasteiger partial charge on any atom is -0.375 e. The summed E-state index contributed by atoms with van der Waals surface area (Å²) in [5.74, 6) is 0. The van der Waals surface area contributed by atoms with E-state index in [0.717, 1.165) is 31.3 Å². The van der Waals surface area contributed by atoms with Gasteiger partial charge in [-0.3, -0.25) is 15.0 Å². The maximum atomic E-state index is 11.4. The van der Waals surface area contributed by atoms with Crippen molar-refractivity contribution in [2.75, 3.05) is 18.4 Å². The lowest BCUT2D eigenvalue weighted by molar-refractivity contribution is -0.384. The van der Waals surface area contributed by atoms with Gasteiger partial charge in [-0.05, 0) is 49.2 Å². The summed E-state index contributed by atoms with van der Waals surface area (Å²) in [7, 11) is -4.00. The number of nitrogens with one attached hydrogen (secondary N) is 1. The number of nitro groups is 1. The number of likely N-dealkylation sites (tertiary alicyclic amines) is 1. The number of nitrogens with zero attached hydrogens (tertiary/aromatic N) is 2. The second-order valence-corrected chi connectivity index (χ2v) is 8.15. The fourth-order valence-corrected chi connectivity index (χ4v) is 3.78. The molecule has 3 N–H and O–H groups in total. The second-order valence-electron chi connectivity index (χ2n) is 6.59. The van der Waals surface area contributed by atoms with Crippen molar-refractivity contribution in [2.24, 2.45) is 5.14 Å². The van der Waals surface area contributed by atoms with Crippen LogP contribution in [0.25, 0.3) is 0 Å². The van der Waals surface area contributed by atoms with Gasteiger partial charge in [-0.2, -0.15) is 0 Å². The fourth-order valence-electron chi connectivity index (χ4n) is 3.25. The summed E-state index contributed by atoms with van der Waals surface area (Å²) in [6, 6.07) is 11.6. The summed E-state index contributed by atoms with van der Waals surface area (Å²) >= 11 is 0. The van der Waals surface area contributed by atoms with E-state index in [1.807, 2.05) is 18.2 Å². The third-order valence-corrected chi connectivity index (χ3v) is 5.59. The van der Waals surface area contributed by atoms with E-state index < -0.39 is 14.9 Å². The standard InChI is InChI=1S/C18H22N4O4S/c19-27(25,26)16-7-8-17(18(11-16)22(23)24)20-12-14-5-1-2-6-15(14)13-21-9-3-4-10-21/h1-2,5-8,11,20H,3-4,9-10,12-13H2,(H2,19,25,26). The summed E-state index contributed by atoms with van der Waals surface area (Å²) in [5, 5.41) is 19.5. The van der Waals surface area contributed by atoms with Crippen LogP contribution in [0.3, 0.4) is 0 Å². The van der Waals surface area contributed by atoms with Crippen LogP contribution in [-0.2, 0) is 23.1 Å². The Morgan fingerprint density at radius 2 is 1.78 bits per heavy atom. The maximum absolute atomic E-state index is 11.4.